The second-order valence-electron chi connectivity index (χ2n) is 3.62. The van der Waals surface area contributed by atoms with Gasteiger partial charge in [-0.3, -0.25) is 19.9 Å². The largest absolute Gasteiger partial charge is 0.480 e. The first kappa shape index (κ1) is 13.0. The van der Waals surface area contributed by atoms with E-state index in [0.29, 0.717) is 16.8 Å². The molecule has 7 heteroatoms. The third-order valence-electron chi connectivity index (χ3n) is 2.33. The van der Waals surface area contributed by atoms with Crippen LogP contribution in [0, 0.1) is 24.0 Å². The Balaban J connectivity index is 2.91. The van der Waals surface area contributed by atoms with Gasteiger partial charge in [0.15, 0.2) is 0 Å². The van der Waals surface area contributed by atoms with Crippen LogP contribution in [0.1, 0.15) is 16.8 Å². The molecule has 1 aromatic heterocycles. The summed E-state index contributed by atoms with van der Waals surface area (Å²) in [5.74, 6) is -0.982. The smallest absolute Gasteiger partial charge is 0.317 e. The van der Waals surface area contributed by atoms with Gasteiger partial charge in [0.1, 0.15) is 0 Å². The second kappa shape index (κ2) is 5.35. The number of aromatic nitrogens is 1. The fourth-order valence-electron chi connectivity index (χ4n) is 1.51. The van der Waals surface area contributed by atoms with Gasteiger partial charge in [-0.05, 0) is 13.8 Å². The second-order valence-corrected chi connectivity index (χ2v) is 3.62. The summed E-state index contributed by atoms with van der Waals surface area (Å²) in [4.78, 5) is 24.8. The van der Waals surface area contributed by atoms with Crippen molar-refractivity contribution >= 4 is 11.7 Å². The van der Waals surface area contributed by atoms with Crippen LogP contribution in [-0.2, 0) is 11.3 Å². The van der Waals surface area contributed by atoms with Gasteiger partial charge >= 0.3 is 5.97 Å². The Labute approximate surface area is 97.6 Å². The average molecular weight is 239 g/mol. The SMILES string of the molecule is Cc1cnc(CNCC(=O)O)c(C)c1[N+](=O)[O-]. The predicted molar refractivity (Wildman–Crippen MR) is 59.7 cm³/mol. The molecule has 17 heavy (non-hydrogen) atoms. The van der Waals surface area contributed by atoms with Crippen molar-refractivity contribution in [1.82, 2.24) is 10.3 Å². The Bertz CT molecular complexity index is 459. The first-order chi connectivity index (χ1) is 7.93. The summed E-state index contributed by atoms with van der Waals surface area (Å²) in [6.45, 7) is 3.21. The molecule has 0 spiro atoms. The zero-order valence-electron chi connectivity index (χ0n) is 9.56. The maximum absolute atomic E-state index is 10.8. The number of carbonyl (C=O) groups is 1. The third-order valence-corrected chi connectivity index (χ3v) is 2.33. The van der Waals surface area contributed by atoms with E-state index in [-0.39, 0.29) is 18.8 Å². The van der Waals surface area contributed by atoms with Crippen molar-refractivity contribution in [2.45, 2.75) is 20.4 Å². The number of rotatable bonds is 5. The van der Waals surface area contributed by atoms with E-state index < -0.39 is 10.9 Å². The average Bonchev–Trinajstić information content (AvgIpc) is 2.20. The molecule has 2 N–H and O–H groups in total. The van der Waals surface area contributed by atoms with Crippen LogP contribution >= 0.6 is 0 Å². The summed E-state index contributed by atoms with van der Waals surface area (Å²) in [7, 11) is 0. The normalized spacial score (nSPS) is 10.2. The molecule has 0 unspecified atom stereocenters. The molecule has 0 amide bonds. The molecule has 0 bridgehead atoms. The van der Waals surface area contributed by atoms with Crippen LogP contribution in [0.5, 0.6) is 0 Å². The summed E-state index contributed by atoms with van der Waals surface area (Å²) in [6, 6.07) is 0. The van der Waals surface area contributed by atoms with Crippen LogP contribution in [-0.4, -0.2) is 27.5 Å². The fourth-order valence-corrected chi connectivity index (χ4v) is 1.51. The molecule has 0 saturated heterocycles. The van der Waals surface area contributed by atoms with Crippen LogP contribution in [0.15, 0.2) is 6.20 Å². The van der Waals surface area contributed by atoms with Gasteiger partial charge in [-0.1, -0.05) is 0 Å². The van der Waals surface area contributed by atoms with Crippen molar-refractivity contribution in [2.75, 3.05) is 6.54 Å². The quantitative estimate of drug-likeness (QED) is 0.581. The summed E-state index contributed by atoms with van der Waals surface area (Å²) in [5.41, 5.74) is 1.48. The first-order valence-corrected chi connectivity index (χ1v) is 4.95. The van der Waals surface area contributed by atoms with E-state index in [1.807, 2.05) is 0 Å². The number of nitrogens with zero attached hydrogens (tertiary/aromatic N) is 2. The predicted octanol–water partition coefficient (Wildman–Crippen LogP) is 0.781. The standard InChI is InChI=1S/C10H13N3O4/c1-6-3-12-8(4-11-5-9(14)15)7(2)10(6)13(16)17/h3,11H,4-5H2,1-2H3,(H,14,15). The zero-order chi connectivity index (χ0) is 13.0. The molecule has 0 radical (unpaired) electrons. The number of nitrogens with one attached hydrogen (secondary N) is 1. The number of hydrogen-bond donors (Lipinski definition) is 2. The van der Waals surface area contributed by atoms with Gasteiger partial charge < -0.3 is 10.4 Å². The lowest BCUT2D eigenvalue weighted by atomic mass is 10.1. The van der Waals surface area contributed by atoms with E-state index in [4.69, 9.17) is 5.11 Å². The molecule has 0 saturated carbocycles. The van der Waals surface area contributed by atoms with Crippen molar-refractivity contribution in [2.24, 2.45) is 0 Å². The maximum Gasteiger partial charge on any atom is 0.317 e. The molecule has 0 aromatic carbocycles. The summed E-state index contributed by atoms with van der Waals surface area (Å²) < 4.78 is 0. The summed E-state index contributed by atoms with van der Waals surface area (Å²) >= 11 is 0. The molecule has 0 fully saturated rings. The number of carboxylic acid groups (broad SMARTS) is 1. The van der Waals surface area contributed by atoms with Gasteiger partial charge in [-0.2, -0.15) is 0 Å². The third kappa shape index (κ3) is 3.22. The lowest BCUT2D eigenvalue weighted by Crippen LogP contribution is -2.23. The highest BCUT2D eigenvalue weighted by Crippen LogP contribution is 2.23. The van der Waals surface area contributed by atoms with E-state index in [2.05, 4.69) is 10.3 Å². The molecule has 1 heterocycles. The lowest BCUT2D eigenvalue weighted by Gasteiger charge is -2.07. The van der Waals surface area contributed by atoms with Crippen molar-refractivity contribution in [1.29, 1.82) is 0 Å². The number of pyridine rings is 1. The highest BCUT2D eigenvalue weighted by molar-refractivity contribution is 5.69. The molecule has 1 aromatic rings. The van der Waals surface area contributed by atoms with Crippen LogP contribution in [0.2, 0.25) is 0 Å². The fraction of sp³-hybridized carbons (Fsp3) is 0.400. The topological polar surface area (TPSA) is 105 Å². The van der Waals surface area contributed by atoms with E-state index >= 15 is 0 Å². The first-order valence-electron chi connectivity index (χ1n) is 4.95. The van der Waals surface area contributed by atoms with Crippen LogP contribution in [0.4, 0.5) is 5.69 Å². The Morgan fingerprint density at radius 2 is 2.24 bits per heavy atom. The number of aliphatic carboxylic acids is 1. The van der Waals surface area contributed by atoms with Gasteiger partial charge in [0, 0.05) is 23.9 Å². The van der Waals surface area contributed by atoms with Gasteiger partial charge in [0.25, 0.3) is 5.69 Å². The van der Waals surface area contributed by atoms with Gasteiger partial charge in [-0.15, -0.1) is 0 Å². The van der Waals surface area contributed by atoms with Crippen LogP contribution < -0.4 is 5.32 Å². The number of aryl methyl sites for hydroxylation is 1. The Kier molecular flexibility index (Phi) is 4.11. The zero-order valence-corrected chi connectivity index (χ0v) is 9.56. The van der Waals surface area contributed by atoms with E-state index in [1.54, 1.807) is 13.8 Å². The molecule has 0 aliphatic rings. The summed E-state index contributed by atoms with van der Waals surface area (Å²) in [6.07, 6.45) is 1.42. The maximum atomic E-state index is 10.8. The molecule has 92 valence electrons. The molecule has 0 aliphatic carbocycles. The van der Waals surface area contributed by atoms with Gasteiger partial charge in [0.05, 0.1) is 17.2 Å². The van der Waals surface area contributed by atoms with Crippen molar-refractivity contribution in [3.05, 3.63) is 33.1 Å². The Morgan fingerprint density at radius 1 is 1.59 bits per heavy atom. The Morgan fingerprint density at radius 3 is 2.76 bits per heavy atom. The van der Waals surface area contributed by atoms with E-state index in [1.165, 1.54) is 6.20 Å². The molecular formula is C10H13N3O4. The van der Waals surface area contributed by atoms with Crippen molar-refractivity contribution in [3.63, 3.8) is 0 Å². The van der Waals surface area contributed by atoms with Crippen molar-refractivity contribution < 1.29 is 14.8 Å². The van der Waals surface area contributed by atoms with Gasteiger partial charge in [-0.25, -0.2) is 0 Å². The lowest BCUT2D eigenvalue weighted by molar-refractivity contribution is -0.386. The van der Waals surface area contributed by atoms with Crippen LogP contribution in [0.25, 0.3) is 0 Å². The minimum Gasteiger partial charge on any atom is -0.480 e. The highest BCUT2D eigenvalue weighted by atomic mass is 16.6. The van der Waals surface area contributed by atoms with E-state index in [0.717, 1.165) is 0 Å². The monoisotopic (exact) mass is 239 g/mol. The minimum absolute atomic E-state index is 0.0344. The number of hydrogen-bond acceptors (Lipinski definition) is 5. The molecular weight excluding hydrogens is 226 g/mol. The Hall–Kier alpha value is -2.02. The molecule has 0 atom stereocenters. The summed E-state index contributed by atoms with van der Waals surface area (Å²) in [5, 5.41) is 21.9. The molecule has 0 aliphatic heterocycles. The van der Waals surface area contributed by atoms with Gasteiger partial charge in [0.2, 0.25) is 0 Å². The van der Waals surface area contributed by atoms with Crippen LogP contribution in [0.3, 0.4) is 0 Å². The minimum atomic E-state index is -0.982. The number of nitro groups is 1. The van der Waals surface area contributed by atoms with E-state index in [9.17, 15) is 14.9 Å². The highest BCUT2D eigenvalue weighted by Gasteiger charge is 2.18. The molecule has 7 nitrogen and oxygen atoms in total. The molecule has 1 rings (SSSR count). The number of carboxylic acids is 1. The van der Waals surface area contributed by atoms with Crippen molar-refractivity contribution in [3.8, 4) is 0 Å².